The number of pyridine rings is 1. The van der Waals surface area contributed by atoms with Gasteiger partial charge >= 0.3 is 0 Å². The molecule has 0 aromatic carbocycles. The molecule has 2 rings (SSSR count). The molecule has 0 spiro atoms. The fraction of sp³-hybridized carbons (Fsp3) is 0.300. The minimum Gasteiger partial charge on any atom is -0.370 e. The first-order valence-corrected chi connectivity index (χ1v) is 6.34. The third-order valence-corrected chi connectivity index (χ3v) is 2.61. The monoisotopic (exact) mass is 325 g/mol. The van der Waals surface area contributed by atoms with Gasteiger partial charge in [0.05, 0.1) is 12.6 Å². The van der Waals surface area contributed by atoms with Crippen LogP contribution in [0.5, 0.6) is 0 Å². The van der Waals surface area contributed by atoms with E-state index in [-0.39, 0.29) is 11.9 Å². The van der Waals surface area contributed by atoms with Crippen molar-refractivity contribution in [2.45, 2.75) is 6.92 Å². The number of nitrogens with zero attached hydrogens (tertiary/aromatic N) is 5. The average Bonchev–Trinajstić information content (AvgIpc) is 2.77. The predicted octanol–water partition coefficient (Wildman–Crippen LogP) is 1.05. The van der Waals surface area contributed by atoms with Crippen LogP contribution < -0.4 is 10.6 Å². The number of anilines is 2. The summed E-state index contributed by atoms with van der Waals surface area (Å²) in [5, 5.41) is 16.8. The molecule has 8 nitrogen and oxygen atoms in total. The number of halogens is 1. The quantitative estimate of drug-likeness (QED) is 0.872. The van der Waals surface area contributed by atoms with E-state index in [1.165, 1.54) is 4.80 Å². The number of carbonyl (C=O) groups excluding carboxylic acids is 1. The van der Waals surface area contributed by atoms with Crippen LogP contribution in [-0.4, -0.2) is 37.6 Å². The number of amides is 1. The van der Waals surface area contributed by atoms with Gasteiger partial charge in [-0.05, 0) is 34.1 Å². The van der Waals surface area contributed by atoms with Gasteiger partial charge in [0, 0.05) is 17.2 Å². The molecule has 0 fully saturated rings. The highest BCUT2D eigenvalue weighted by Gasteiger charge is 2.15. The van der Waals surface area contributed by atoms with Crippen LogP contribution in [0.25, 0.3) is 0 Å². The van der Waals surface area contributed by atoms with E-state index in [4.69, 9.17) is 0 Å². The van der Waals surface area contributed by atoms with Crippen LogP contribution in [0.2, 0.25) is 0 Å². The number of carbonyl (C=O) groups is 1. The molecule has 2 N–H and O–H groups in total. The number of aryl methyl sites for hydroxylation is 1. The first-order valence-electron chi connectivity index (χ1n) is 5.55. The van der Waals surface area contributed by atoms with Gasteiger partial charge in [-0.2, -0.15) is 4.80 Å². The number of hydrogen-bond donors (Lipinski definition) is 2. The zero-order valence-corrected chi connectivity index (χ0v) is 12.0. The number of rotatable bonds is 4. The molecule has 2 aromatic rings. The van der Waals surface area contributed by atoms with E-state index in [2.05, 4.69) is 47.0 Å². The SMILES string of the molecule is CCNc1ncc(Br)cc1C(=O)Nc1nnn(C)n1. The Morgan fingerprint density at radius 3 is 2.95 bits per heavy atom. The third kappa shape index (κ3) is 3.25. The van der Waals surface area contributed by atoms with E-state index in [1.54, 1.807) is 19.3 Å². The summed E-state index contributed by atoms with van der Waals surface area (Å²) in [6.07, 6.45) is 1.62. The van der Waals surface area contributed by atoms with Gasteiger partial charge in [0.15, 0.2) is 0 Å². The van der Waals surface area contributed by atoms with Crippen molar-refractivity contribution in [3.05, 3.63) is 22.3 Å². The minimum absolute atomic E-state index is 0.148. The Morgan fingerprint density at radius 2 is 2.32 bits per heavy atom. The van der Waals surface area contributed by atoms with Crippen molar-refractivity contribution in [1.82, 2.24) is 25.2 Å². The summed E-state index contributed by atoms with van der Waals surface area (Å²) in [6, 6.07) is 1.68. The molecule has 100 valence electrons. The van der Waals surface area contributed by atoms with Crippen molar-refractivity contribution in [2.75, 3.05) is 17.2 Å². The molecule has 0 radical (unpaired) electrons. The van der Waals surface area contributed by atoms with Crippen molar-refractivity contribution in [3.8, 4) is 0 Å². The lowest BCUT2D eigenvalue weighted by atomic mass is 10.2. The lowest BCUT2D eigenvalue weighted by Gasteiger charge is -2.08. The van der Waals surface area contributed by atoms with Gasteiger partial charge < -0.3 is 5.32 Å². The van der Waals surface area contributed by atoms with Crippen molar-refractivity contribution in [3.63, 3.8) is 0 Å². The summed E-state index contributed by atoms with van der Waals surface area (Å²) in [7, 11) is 1.62. The maximum atomic E-state index is 12.1. The molecule has 1 amide bonds. The van der Waals surface area contributed by atoms with Crippen LogP contribution in [0.4, 0.5) is 11.8 Å². The molecule has 0 atom stereocenters. The second-order valence-electron chi connectivity index (χ2n) is 3.64. The maximum Gasteiger partial charge on any atom is 0.270 e. The molecule has 0 saturated heterocycles. The summed E-state index contributed by atoms with van der Waals surface area (Å²) < 4.78 is 0.714. The van der Waals surface area contributed by atoms with Crippen LogP contribution in [0.15, 0.2) is 16.7 Å². The number of tetrazole rings is 1. The smallest absolute Gasteiger partial charge is 0.270 e. The zero-order chi connectivity index (χ0) is 13.8. The fourth-order valence-electron chi connectivity index (χ4n) is 1.42. The zero-order valence-electron chi connectivity index (χ0n) is 10.4. The standard InChI is InChI=1S/C10H12BrN7O/c1-3-12-8-7(4-6(11)5-13-8)9(19)14-10-15-17-18(2)16-10/h4-5H,3H2,1-2H3,(H,12,13)(H,14,16,19). The van der Waals surface area contributed by atoms with E-state index >= 15 is 0 Å². The Bertz CT molecular complexity index is 597. The fourth-order valence-corrected chi connectivity index (χ4v) is 1.76. The van der Waals surface area contributed by atoms with Gasteiger partial charge in [0.2, 0.25) is 0 Å². The normalized spacial score (nSPS) is 10.3. The van der Waals surface area contributed by atoms with Gasteiger partial charge in [0.1, 0.15) is 5.82 Å². The highest BCUT2D eigenvalue weighted by atomic mass is 79.9. The molecule has 2 aromatic heterocycles. The highest BCUT2D eigenvalue weighted by Crippen LogP contribution is 2.18. The Labute approximate surface area is 117 Å². The van der Waals surface area contributed by atoms with E-state index in [0.717, 1.165) is 0 Å². The molecule has 0 unspecified atom stereocenters. The van der Waals surface area contributed by atoms with Crippen molar-refractivity contribution in [2.24, 2.45) is 7.05 Å². The predicted molar refractivity (Wildman–Crippen MR) is 72.9 cm³/mol. The summed E-state index contributed by atoms with van der Waals surface area (Å²) >= 11 is 3.29. The Morgan fingerprint density at radius 1 is 1.53 bits per heavy atom. The molecule has 0 aliphatic heterocycles. The number of hydrogen-bond acceptors (Lipinski definition) is 6. The summed E-state index contributed by atoms with van der Waals surface area (Å²) in [5.41, 5.74) is 0.406. The van der Waals surface area contributed by atoms with Gasteiger partial charge in [-0.25, -0.2) is 4.98 Å². The van der Waals surface area contributed by atoms with Crippen molar-refractivity contribution < 1.29 is 4.79 Å². The Balaban J connectivity index is 2.24. The molecule has 0 aliphatic rings. The maximum absolute atomic E-state index is 12.1. The molecule has 0 saturated carbocycles. The van der Waals surface area contributed by atoms with E-state index in [0.29, 0.717) is 22.4 Å². The second kappa shape index (κ2) is 5.74. The van der Waals surface area contributed by atoms with Gasteiger partial charge in [-0.3, -0.25) is 10.1 Å². The first-order chi connectivity index (χ1) is 9.10. The van der Waals surface area contributed by atoms with Gasteiger partial charge in [-0.15, -0.1) is 5.10 Å². The molecular weight excluding hydrogens is 314 g/mol. The topological polar surface area (TPSA) is 97.6 Å². The van der Waals surface area contributed by atoms with Crippen LogP contribution in [0, 0.1) is 0 Å². The summed E-state index contributed by atoms with van der Waals surface area (Å²) in [6.45, 7) is 2.59. The van der Waals surface area contributed by atoms with Crippen LogP contribution in [-0.2, 0) is 7.05 Å². The molecule has 9 heteroatoms. The highest BCUT2D eigenvalue weighted by molar-refractivity contribution is 9.10. The van der Waals surface area contributed by atoms with Crippen molar-refractivity contribution >= 4 is 33.6 Å². The Kier molecular flexibility index (Phi) is 4.05. The second-order valence-corrected chi connectivity index (χ2v) is 4.55. The van der Waals surface area contributed by atoms with Crippen LogP contribution in [0.1, 0.15) is 17.3 Å². The molecular formula is C10H12BrN7O. The number of nitrogens with one attached hydrogen (secondary N) is 2. The number of aromatic nitrogens is 5. The van der Waals surface area contributed by atoms with Crippen molar-refractivity contribution in [1.29, 1.82) is 0 Å². The van der Waals surface area contributed by atoms with Crippen LogP contribution >= 0.6 is 15.9 Å². The lowest BCUT2D eigenvalue weighted by Crippen LogP contribution is -2.16. The molecule has 2 heterocycles. The molecule has 19 heavy (non-hydrogen) atoms. The summed E-state index contributed by atoms with van der Waals surface area (Å²) in [5.74, 6) is 0.305. The third-order valence-electron chi connectivity index (χ3n) is 2.18. The average molecular weight is 326 g/mol. The largest absolute Gasteiger partial charge is 0.370 e. The van der Waals surface area contributed by atoms with E-state index < -0.39 is 0 Å². The van der Waals surface area contributed by atoms with Gasteiger partial charge in [-0.1, -0.05) is 5.10 Å². The first kappa shape index (κ1) is 13.4. The molecule has 0 bridgehead atoms. The minimum atomic E-state index is -0.349. The van der Waals surface area contributed by atoms with Gasteiger partial charge in [0.25, 0.3) is 11.9 Å². The van der Waals surface area contributed by atoms with Crippen LogP contribution in [0.3, 0.4) is 0 Å². The van der Waals surface area contributed by atoms with E-state index in [1.807, 2.05) is 6.92 Å². The lowest BCUT2D eigenvalue weighted by molar-refractivity contribution is 0.102. The molecule has 0 aliphatic carbocycles. The summed E-state index contributed by atoms with van der Waals surface area (Å²) in [4.78, 5) is 17.6. The Hall–Kier alpha value is -2.03. The van der Waals surface area contributed by atoms with E-state index in [9.17, 15) is 4.79 Å².